The fraction of sp³-hybridized carbons (Fsp3) is 0.444. The molecule has 2 aromatic rings. The molecule has 25 heavy (non-hydrogen) atoms. The number of rotatable bonds is 6. The highest BCUT2D eigenvalue weighted by atomic mass is 32.1. The second kappa shape index (κ2) is 8.31. The van der Waals surface area contributed by atoms with E-state index in [1.807, 2.05) is 42.8 Å². The molecular formula is C18H24N4O2S. The molecule has 1 saturated heterocycles. The molecule has 1 aliphatic rings. The Hall–Kier alpha value is -2.12. The van der Waals surface area contributed by atoms with E-state index >= 15 is 0 Å². The maximum atomic E-state index is 12.4. The molecule has 1 aliphatic heterocycles. The van der Waals surface area contributed by atoms with Crippen LogP contribution in [0.4, 0.5) is 5.13 Å². The first kappa shape index (κ1) is 17.7. The van der Waals surface area contributed by atoms with Crippen molar-refractivity contribution in [2.24, 2.45) is 0 Å². The standard InChI is InChI=1S/C18H24N4O2S/c1-14(17(23)20-13-15-3-5-16(24-2)6-4-15)21-8-10-22(11-9-21)18-19-7-12-25-18/h3-7,12,14H,8-11,13H2,1-2H3,(H,20,23)/t14-/m0/s1. The molecular weight excluding hydrogens is 336 g/mol. The number of hydrogen-bond acceptors (Lipinski definition) is 6. The third-order valence-corrected chi connectivity index (χ3v) is 5.39. The van der Waals surface area contributed by atoms with Crippen LogP contribution in [0.3, 0.4) is 0 Å². The number of carbonyl (C=O) groups is 1. The molecule has 6 nitrogen and oxygen atoms in total. The van der Waals surface area contributed by atoms with Crippen molar-refractivity contribution in [1.82, 2.24) is 15.2 Å². The molecule has 3 rings (SSSR count). The summed E-state index contributed by atoms with van der Waals surface area (Å²) in [5.41, 5.74) is 1.06. The van der Waals surface area contributed by atoms with Gasteiger partial charge in [0.2, 0.25) is 5.91 Å². The lowest BCUT2D eigenvalue weighted by atomic mass is 10.2. The Balaban J connectivity index is 1.46. The molecule has 0 saturated carbocycles. The fourth-order valence-electron chi connectivity index (χ4n) is 2.92. The number of anilines is 1. The van der Waals surface area contributed by atoms with Gasteiger partial charge in [-0.3, -0.25) is 9.69 Å². The highest BCUT2D eigenvalue weighted by Crippen LogP contribution is 2.19. The van der Waals surface area contributed by atoms with E-state index in [0.29, 0.717) is 6.54 Å². The minimum atomic E-state index is -0.128. The molecule has 1 aromatic carbocycles. The first-order valence-electron chi connectivity index (χ1n) is 8.46. The summed E-state index contributed by atoms with van der Waals surface area (Å²) in [6.45, 7) is 6.06. The first-order valence-corrected chi connectivity index (χ1v) is 9.34. The number of ether oxygens (including phenoxy) is 1. The van der Waals surface area contributed by atoms with Crippen LogP contribution in [0.5, 0.6) is 5.75 Å². The topological polar surface area (TPSA) is 57.7 Å². The molecule has 1 aromatic heterocycles. The van der Waals surface area contributed by atoms with E-state index in [1.54, 1.807) is 18.4 Å². The van der Waals surface area contributed by atoms with Gasteiger partial charge in [0, 0.05) is 44.3 Å². The van der Waals surface area contributed by atoms with Gasteiger partial charge in [0.15, 0.2) is 5.13 Å². The van der Waals surface area contributed by atoms with E-state index in [4.69, 9.17) is 4.74 Å². The van der Waals surface area contributed by atoms with E-state index in [1.165, 1.54) is 0 Å². The average Bonchev–Trinajstić information content (AvgIpc) is 3.21. The van der Waals surface area contributed by atoms with Crippen molar-refractivity contribution >= 4 is 22.4 Å². The van der Waals surface area contributed by atoms with Gasteiger partial charge in [-0.25, -0.2) is 4.98 Å². The second-order valence-electron chi connectivity index (χ2n) is 6.08. The Morgan fingerprint density at radius 1 is 1.28 bits per heavy atom. The van der Waals surface area contributed by atoms with E-state index in [-0.39, 0.29) is 11.9 Å². The minimum Gasteiger partial charge on any atom is -0.497 e. The van der Waals surface area contributed by atoms with Crippen molar-refractivity contribution in [2.45, 2.75) is 19.5 Å². The zero-order chi connectivity index (χ0) is 17.6. The van der Waals surface area contributed by atoms with Crippen molar-refractivity contribution in [3.05, 3.63) is 41.4 Å². The number of nitrogens with one attached hydrogen (secondary N) is 1. The first-order chi connectivity index (χ1) is 12.2. The van der Waals surface area contributed by atoms with Crippen molar-refractivity contribution in [3.8, 4) is 5.75 Å². The molecule has 1 amide bonds. The van der Waals surface area contributed by atoms with Crippen LogP contribution < -0.4 is 15.0 Å². The van der Waals surface area contributed by atoms with Crippen molar-refractivity contribution in [1.29, 1.82) is 0 Å². The molecule has 0 aliphatic carbocycles. The number of aromatic nitrogens is 1. The lowest BCUT2D eigenvalue weighted by Gasteiger charge is -2.37. The van der Waals surface area contributed by atoms with Crippen LogP contribution in [-0.2, 0) is 11.3 Å². The molecule has 0 unspecified atom stereocenters. The summed E-state index contributed by atoms with van der Waals surface area (Å²) in [5.74, 6) is 0.889. The summed E-state index contributed by atoms with van der Waals surface area (Å²) in [6, 6.07) is 7.62. The molecule has 0 bridgehead atoms. The van der Waals surface area contributed by atoms with Gasteiger partial charge in [-0.1, -0.05) is 12.1 Å². The van der Waals surface area contributed by atoms with Crippen LogP contribution in [-0.4, -0.2) is 55.1 Å². The minimum absolute atomic E-state index is 0.0681. The van der Waals surface area contributed by atoms with E-state index in [9.17, 15) is 4.79 Å². The van der Waals surface area contributed by atoms with Gasteiger partial charge in [-0.2, -0.15) is 0 Å². The second-order valence-corrected chi connectivity index (χ2v) is 6.95. The summed E-state index contributed by atoms with van der Waals surface area (Å²) in [4.78, 5) is 21.3. The highest BCUT2D eigenvalue weighted by molar-refractivity contribution is 7.13. The largest absolute Gasteiger partial charge is 0.497 e. The zero-order valence-corrected chi connectivity index (χ0v) is 15.5. The third-order valence-electron chi connectivity index (χ3n) is 4.56. The Morgan fingerprint density at radius 2 is 2.00 bits per heavy atom. The highest BCUT2D eigenvalue weighted by Gasteiger charge is 2.26. The average molecular weight is 360 g/mol. The summed E-state index contributed by atoms with van der Waals surface area (Å²) < 4.78 is 5.15. The Morgan fingerprint density at radius 3 is 2.60 bits per heavy atom. The molecule has 0 radical (unpaired) electrons. The number of benzene rings is 1. The lowest BCUT2D eigenvalue weighted by Crippen LogP contribution is -2.53. The number of amides is 1. The van der Waals surface area contributed by atoms with Gasteiger partial charge in [-0.05, 0) is 24.6 Å². The number of carbonyl (C=O) groups excluding carboxylic acids is 1. The normalized spacial score (nSPS) is 16.5. The summed E-state index contributed by atoms with van der Waals surface area (Å²) in [5, 5.41) is 6.09. The van der Waals surface area contributed by atoms with Crippen LogP contribution in [0.1, 0.15) is 12.5 Å². The van der Waals surface area contributed by atoms with Gasteiger partial charge >= 0.3 is 0 Å². The van der Waals surface area contributed by atoms with Gasteiger partial charge < -0.3 is 15.0 Å². The number of nitrogens with zero attached hydrogens (tertiary/aromatic N) is 3. The molecule has 7 heteroatoms. The number of thiazole rings is 1. The zero-order valence-electron chi connectivity index (χ0n) is 14.6. The predicted molar refractivity (Wildman–Crippen MR) is 100 cm³/mol. The predicted octanol–water partition coefficient (Wildman–Crippen LogP) is 1.98. The van der Waals surface area contributed by atoms with E-state index in [0.717, 1.165) is 42.6 Å². The van der Waals surface area contributed by atoms with Gasteiger partial charge in [0.25, 0.3) is 0 Å². The fourth-order valence-corrected chi connectivity index (χ4v) is 3.62. The monoisotopic (exact) mass is 360 g/mol. The maximum Gasteiger partial charge on any atom is 0.237 e. The van der Waals surface area contributed by atoms with Crippen LogP contribution >= 0.6 is 11.3 Å². The van der Waals surface area contributed by atoms with Gasteiger partial charge in [0.05, 0.1) is 13.2 Å². The summed E-state index contributed by atoms with van der Waals surface area (Å²) in [7, 11) is 1.65. The van der Waals surface area contributed by atoms with Crippen LogP contribution in [0.2, 0.25) is 0 Å². The van der Waals surface area contributed by atoms with E-state index < -0.39 is 0 Å². The molecule has 1 fully saturated rings. The number of piperazine rings is 1. The third kappa shape index (κ3) is 4.49. The Kier molecular flexibility index (Phi) is 5.88. The van der Waals surface area contributed by atoms with Crippen LogP contribution in [0.15, 0.2) is 35.8 Å². The molecule has 2 heterocycles. The number of methoxy groups -OCH3 is 1. The van der Waals surface area contributed by atoms with Crippen molar-refractivity contribution in [3.63, 3.8) is 0 Å². The van der Waals surface area contributed by atoms with Crippen molar-refractivity contribution < 1.29 is 9.53 Å². The SMILES string of the molecule is COc1ccc(CNC(=O)[C@H](C)N2CCN(c3nccs3)CC2)cc1. The molecule has 0 spiro atoms. The van der Waals surface area contributed by atoms with E-state index in [2.05, 4.69) is 20.1 Å². The number of hydrogen-bond donors (Lipinski definition) is 1. The Labute approximate surface area is 152 Å². The van der Waals surface area contributed by atoms with Gasteiger partial charge in [-0.15, -0.1) is 11.3 Å². The van der Waals surface area contributed by atoms with Crippen LogP contribution in [0.25, 0.3) is 0 Å². The lowest BCUT2D eigenvalue weighted by molar-refractivity contribution is -0.126. The summed E-state index contributed by atoms with van der Waals surface area (Å²) in [6.07, 6.45) is 1.83. The molecule has 134 valence electrons. The maximum absolute atomic E-state index is 12.4. The Bertz CT molecular complexity index is 667. The summed E-state index contributed by atoms with van der Waals surface area (Å²) >= 11 is 1.66. The molecule has 1 N–H and O–H groups in total. The molecule has 1 atom stereocenters. The van der Waals surface area contributed by atoms with Crippen molar-refractivity contribution in [2.75, 3.05) is 38.2 Å². The van der Waals surface area contributed by atoms with Gasteiger partial charge in [0.1, 0.15) is 5.75 Å². The quantitative estimate of drug-likeness (QED) is 0.854. The van der Waals surface area contributed by atoms with Crippen LogP contribution in [0, 0.1) is 0 Å². The smallest absolute Gasteiger partial charge is 0.237 e.